The predicted octanol–water partition coefficient (Wildman–Crippen LogP) is 3.24. The summed E-state index contributed by atoms with van der Waals surface area (Å²) in [6, 6.07) is 6.18. The first-order chi connectivity index (χ1) is 11.9. The molecule has 2 N–H and O–H groups in total. The predicted molar refractivity (Wildman–Crippen MR) is 102 cm³/mol. The Morgan fingerprint density at radius 3 is 2.52 bits per heavy atom. The van der Waals surface area contributed by atoms with Crippen LogP contribution in [0.4, 0.5) is 5.69 Å². The molecule has 2 aromatic heterocycles. The number of anilines is 1. The molecule has 4 heterocycles. The molecule has 132 valence electrons. The van der Waals surface area contributed by atoms with Crippen LogP contribution in [0.15, 0.2) is 30.6 Å². The van der Waals surface area contributed by atoms with Crippen molar-refractivity contribution in [1.82, 2.24) is 15.6 Å². The first-order valence-electron chi connectivity index (χ1n) is 8.79. The van der Waals surface area contributed by atoms with Crippen molar-refractivity contribution >= 4 is 22.9 Å². The highest BCUT2D eigenvalue weighted by atomic mass is 32.1. The number of aromatic nitrogens is 1. The van der Waals surface area contributed by atoms with Gasteiger partial charge in [-0.2, -0.15) is 0 Å². The van der Waals surface area contributed by atoms with Crippen molar-refractivity contribution in [1.29, 1.82) is 0 Å². The molecule has 6 heteroatoms. The molecule has 0 unspecified atom stereocenters. The number of amides is 1. The fourth-order valence-electron chi connectivity index (χ4n) is 4.12. The van der Waals surface area contributed by atoms with Crippen molar-refractivity contribution in [3.05, 3.63) is 35.5 Å². The van der Waals surface area contributed by atoms with Gasteiger partial charge in [0.2, 0.25) is 0 Å². The van der Waals surface area contributed by atoms with E-state index in [0.717, 1.165) is 46.9 Å². The summed E-state index contributed by atoms with van der Waals surface area (Å²) in [6.45, 7) is 8.51. The molecule has 0 atom stereocenters. The molecule has 0 saturated carbocycles. The van der Waals surface area contributed by atoms with Crippen LogP contribution in [0, 0.1) is 0 Å². The van der Waals surface area contributed by atoms with Gasteiger partial charge in [-0.25, -0.2) is 0 Å². The van der Waals surface area contributed by atoms with Gasteiger partial charge in [-0.1, -0.05) is 0 Å². The molecular weight excluding hydrogens is 332 g/mol. The van der Waals surface area contributed by atoms with Crippen LogP contribution in [-0.4, -0.2) is 35.2 Å². The number of hydrogen-bond acceptors (Lipinski definition) is 5. The molecule has 1 fully saturated rings. The van der Waals surface area contributed by atoms with Crippen LogP contribution in [0.5, 0.6) is 0 Å². The van der Waals surface area contributed by atoms with Crippen molar-refractivity contribution in [2.75, 3.05) is 18.0 Å². The molecule has 2 aliphatic heterocycles. The van der Waals surface area contributed by atoms with Gasteiger partial charge in [0.25, 0.3) is 5.91 Å². The van der Waals surface area contributed by atoms with Gasteiger partial charge in [0.05, 0.1) is 5.69 Å². The molecular formula is C19H24N4OS. The second-order valence-electron chi connectivity index (χ2n) is 7.80. The molecule has 2 aliphatic rings. The Kier molecular flexibility index (Phi) is 3.85. The summed E-state index contributed by atoms with van der Waals surface area (Å²) in [5.74, 6) is 0.0581. The van der Waals surface area contributed by atoms with Crippen molar-refractivity contribution in [2.45, 2.75) is 44.8 Å². The van der Waals surface area contributed by atoms with E-state index < -0.39 is 0 Å². The third kappa shape index (κ3) is 2.73. The highest BCUT2D eigenvalue weighted by molar-refractivity contribution is 7.18. The lowest BCUT2D eigenvalue weighted by molar-refractivity contribution is 0.0833. The number of hydrogen-bond donors (Lipinski definition) is 2. The van der Waals surface area contributed by atoms with E-state index >= 15 is 0 Å². The zero-order valence-electron chi connectivity index (χ0n) is 14.9. The number of rotatable bonds is 1. The Hall–Kier alpha value is -1.92. The molecule has 0 radical (unpaired) electrons. The number of piperidine rings is 1. The van der Waals surface area contributed by atoms with E-state index in [2.05, 4.69) is 47.4 Å². The van der Waals surface area contributed by atoms with E-state index in [1.807, 2.05) is 12.1 Å². The van der Waals surface area contributed by atoms with Gasteiger partial charge in [-0.05, 0) is 57.6 Å². The van der Waals surface area contributed by atoms with E-state index in [1.54, 1.807) is 23.7 Å². The largest absolute Gasteiger partial charge is 0.342 e. The smallest absolute Gasteiger partial charge is 0.265 e. The summed E-state index contributed by atoms with van der Waals surface area (Å²) >= 11 is 1.57. The van der Waals surface area contributed by atoms with Crippen LogP contribution in [0.3, 0.4) is 0 Å². The summed E-state index contributed by atoms with van der Waals surface area (Å²) in [7, 11) is 0. The van der Waals surface area contributed by atoms with Gasteiger partial charge in [0.15, 0.2) is 0 Å². The van der Waals surface area contributed by atoms with Crippen LogP contribution >= 0.6 is 11.3 Å². The highest BCUT2D eigenvalue weighted by Crippen LogP contribution is 2.46. The summed E-state index contributed by atoms with van der Waals surface area (Å²) in [5.41, 5.74) is 1.78. The maximum Gasteiger partial charge on any atom is 0.265 e. The minimum Gasteiger partial charge on any atom is -0.342 e. The van der Waals surface area contributed by atoms with Crippen LogP contribution in [0.25, 0.3) is 10.4 Å². The monoisotopic (exact) mass is 356 g/mol. The Morgan fingerprint density at radius 2 is 1.88 bits per heavy atom. The number of carbonyl (C=O) groups excluding carboxylic acids is 1. The van der Waals surface area contributed by atoms with Crippen LogP contribution in [0.2, 0.25) is 0 Å². The summed E-state index contributed by atoms with van der Waals surface area (Å²) < 4.78 is 0. The second-order valence-corrected chi connectivity index (χ2v) is 8.86. The lowest BCUT2D eigenvalue weighted by atomic mass is 9.87. The summed E-state index contributed by atoms with van der Waals surface area (Å²) in [5, 5.41) is 6.77. The lowest BCUT2D eigenvalue weighted by Gasteiger charge is -2.56. The second kappa shape index (κ2) is 5.81. The molecule has 0 aliphatic carbocycles. The fraction of sp³-hybridized carbons (Fsp3) is 0.474. The SMILES string of the molecule is CC(C)(C)N1c2cc(-c3ccncc3)sc2C(=O)NC12CCNCC2. The zero-order valence-corrected chi connectivity index (χ0v) is 15.7. The summed E-state index contributed by atoms with van der Waals surface area (Å²) in [4.78, 5) is 21.4. The minimum absolute atomic E-state index is 0.0581. The van der Waals surface area contributed by atoms with Crippen molar-refractivity contribution in [3.8, 4) is 10.4 Å². The van der Waals surface area contributed by atoms with Gasteiger partial charge in [0, 0.05) is 35.7 Å². The number of thiophene rings is 1. The molecule has 1 amide bonds. The fourth-order valence-corrected chi connectivity index (χ4v) is 5.16. The van der Waals surface area contributed by atoms with Crippen molar-refractivity contribution in [3.63, 3.8) is 0 Å². The molecule has 25 heavy (non-hydrogen) atoms. The Balaban J connectivity index is 1.86. The van der Waals surface area contributed by atoms with Crippen molar-refractivity contribution in [2.24, 2.45) is 0 Å². The van der Waals surface area contributed by atoms with E-state index in [0.29, 0.717) is 0 Å². The molecule has 1 saturated heterocycles. The average Bonchev–Trinajstić information content (AvgIpc) is 3.00. The third-order valence-electron chi connectivity index (χ3n) is 5.00. The van der Waals surface area contributed by atoms with Gasteiger partial charge in [-0.15, -0.1) is 11.3 Å². The maximum atomic E-state index is 12.9. The first kappa shape index (κ1) is 16.5. The number of nitrogens with zero attached hydrogens (tertiary/aromatic N) is 2. The number of pyridine rings is 1. The molecule has 0 aromatic carbocycles. The Labute approximate surface area is 152 Å². The number of carbonyl (C=O) groups is 1. The Morgan fingerprint density at radius 1 is 1.20 bits per heavy atom. The third-order valence-corrected chi connectivity index (χ3v) is 6.17. The molecule has 4 rings (SSSR count). The van der Waals surface area contributed by atoms with Crippen molar-refractivity contribution < 1.29 is 4.79 Å². The zero-order chi connectivity index (χ0) is 17.7. The number of fused-ring (bicyclic) bond motifs is 1. The number of nitrogens with one attached hydrogen (secondary N) is 2. The molecule has 2 aromatic rings. The van der Waals surface area contributed by atoms with E-state index in [-0.39, 0.29) is 17.1 Å². The van der Waals surface area contributed by atoms with E-state index in [9.17, 15) is 4.79 Å². The van der Waals surface area contributed by atoms with Crippen LogP contribution in [-0.2, 0) is 0 Å². The van der Waals surface area contributed by atoms with Crippen LogP contribution in [0.1, 0.15) is 43.3 Å². The first-order valence-corrected chi connectivity index (χ1v) is 9.60. The van der Waals surface area contributed by atoms with Gasteiger partial charge in [-0.3, -0.25) is 9.78 Å². The van der Waals surface area contributed by atoms with Gasteiger partial charge < -0.3 is 15.5 Å². The van der Waals surface area contributed by atoms with E-state index in [1.165, 1.54) is 0 Å². The normalized spacial score (nSPS) is 19.6. The lowest BCUT2D eigenvalue weighted by Crippen LogP contribution is -2.71. The average molecular weight is 356 g/mol. The Bertz CT molecular complexity index is 788. The standard InChI is InChI=1S/C19H24N4OS/c1-18(2,3)23-14-12-15(13-4-8-20-9-5-13)25-16(14)17(24)22-19(23)6-10-21-11-7-19/h4-5,8-9,12,21H,6-7,10-11H2,1-3H3,(H,22,24). The highest BCUT2D eigenvalue weighted by Gasteiger charge is 2.49. The minimum atomic E-state index is -0.301. The molecule has 1 spiro atoms. The molecule has 0 bridgehead atoms. The van der Waals surface area contributed by atoms with E-state index in [4.69, 9.17) is 0 Å². The topological polar surface area (TPSA) is 57.3 Å². The van der Waals surface area contributed by atoms with Gasteiger partial charge >= 0.3 is 0 Å². The quantitative estimate of drug-likeness (QED) is 0.824. The maximum absolute atomic E-state index is 12.9. The van der Waals surface area contributed by atoms with Crippen LogP contribution < -0.4 is 15.5 Å². The molecule has 5 nitrogen and oxygen atoms in total. The van der Waals surface area contributed by atoms with Gasteiger partial charge in [0.1, 0.15) is 10.5 Å². The summed E-state index contributed by atoms with van der Waals surface area (Å²) in [6.07, 6.45) is 5.42.